The van der Waals surface area contributed by atoms with Gasteiger partial charge in [-0.2, -0.15) is 0 Å². The van der Waals surface area contributed by atoms with Gasteiger partial charge in [0.05, 0.1) is 18.1 Å². The van der Waals surface area contributed by atoms with Gasteiger partial charge in [0.15, 0.2) is 6.23 Å². The van der Waals surface area contributed by atoms with Crippen LogP contribution < -0.4 is 5.73 Å². The minimum Gasteiger partial charge on any atom is -0.394 e. The Morgan fingerprint density at radius 2 is 1.96 bits per heavy atom. The van der Waals surface area contributed by atoms with Crippen molar-refractivity contribution < 1.29 is 14.9 Å². The molecule has 7 nitrogen and oxygen atoms in total. The van der Waals surface area contributed by atoms with Crippen LogP contribution in [0.4, 0.5) is 5.82 Å². The van der Waals surface area contributed by atoms with E-state index >= 15 is 0 Å². The van der Waals surface area contributed by atoms with Gasteiger partial charge in [-0.05, 0) is 22.4 Å². The predicted molar refractivity (Wildman–Crippen MR) is 107 cm³/mol. The monoisotopic (exact) mass is 376 g/mol. The summed E-state index contributed by atoms with van der Waals surface area (Å²) in [6.45, 7) is -0.137. The Bertz CT molecular complexity index is 1170. The maximum absolute atomic E-state index is 10.5. The summed E-state index contributed by atoms with van der Waals surface area (Å²) in [6.07, 6.45) is 1.89. The molecule has 142 valence electrons. The van der Waals surface area contributed by atoms with Crippen LogP contribution in [0, 0.1) is 0 Å². The molecule has 1 aliphatic rings. The second-order valence-corrected chi connectivity index (χ2v) is 7.10. The lowest BCUT2D eigenvalue weighted by molar-refractivity contribution is -0.0483. The van der Waals surface area contributed by atoms with Crippen LogP contribution in [0.2, 0.25) is 0 Å². The highest BCUT2D eigenvalue weighted by Crippen LogP contribution is 2.38. The number of rotatable bonds is 3. The van der Waals surface area contributed by atoms with Crippen LogP contribution in [0.1, 0.15) is 12.6 Å². The Kier molecular flexibility index (Phi) is 4.01. The van der Waals surface area contributed by atoms with Crippen LogP contribution in [-0.4, -0.2) is 43.6 Å². The second-order valence-electron chi connectivity index (χ2n) is 7.10. The van der Waals surface area contributed by atoms with Crippen molar-refractivity contribution in [2.75, 3.05) is 12.3 Å². The van der Waals surface area contributed by atoms with Crippen molar-refractivity contribution in [3.05, 3.63) is 55.0 Å². The Balaban J connectivity index is 1.71. The lowest BCUT2D eigenvalue weighted by Gasteiger charge is -2.17. The van der Waals surface area contributed by atoms with E-state index in [1.165, 1.54) is 6.33 Å². The van der Waals surface area contributed by atoms with Crippen LogP contribution in [0.25, 0.3) is 32.9 Å². The SMILES string of the molecule is Nc1ncnc2c1c(-c1ccc3ccccc3c1)cn2[C@@H]1O[C@H](CO)C[C@H]1O. The van der Waals surface area contributed by atoms with E-state index in [1.54, 1.807) is 4.57 Å². The first kappa shape index (κ1) is 17.1. The number of fused-ring (bicyclic) bond motifs is 2. The molecule has 2 aromatic heterocycles. The summed E-state index contributed by atoms with van der Waals surface area (Å²) in [5.41, 5.74) is 8.65. The van der Waals surface area contributed by atoms with Crippen LogP contribution in [-0.2, 0) is 4.74 Å². The highest BCUT2D eigenvalue weighted by atomic mass is 16.5. The van der Waals surface area contributed by atoms with E-state index in [-0.39, 0.29) is 6.61 Å². The molecule has 5 rings (SSSR count). The van der Waals surface area contributed by atoms with Gasteiger partial charge in [-0.25, -0.2) is 9.97 Å². The molecule has 4 aromatic rings. The number of hydrogen-bond acceptors (Lipinski definition) is 6. The van der Waals surface area contributed by atoms with Crippen LogP contribution in [0.3, 0.4) is 0 Å². The van der Waals surface area contributed by atoms with E-state index < -0.39 is 18.4 Å². The molecule has 0 spiro atoms. The molecule has 3 atom stereocenters. The maximum Gasteiger partial charge on any atom is 0.161 e. The smallest absolute Gasteiger partial charge is 0.161 e. The molecule has 1 fully saturated rings. The average Bonchev–Trinajstić information content (AvgIpc) is 3.28. The van der Waals surface area contributed by atoms with Gasteiger partial charge in [0.1, 0.15) is 23.9 Å². The predicted octanol–water partition coefficient (Wildman–Crippen LogP) is 2.47. The number of nitrogen functional groups attached to an aromatic ring is 1. The number of ether oxygens (including phenoxy) is 1. The number of nitrogens with zero attached hydrogens (tertiary/aromatic N) is 3. The van der Waals surface area contributed by atoms with Crippen molar-refractivity contribution in [2.24, 2.45) is 0 Å². The molecule has 28 heavy (non-hydrogen) atoms. The molecular weight excluding hydrogens is 356 g/mol. The van der Waals surface area contributed by atoms with Gasteiger partial charge in [-0.15, -0.1) is 0 Å². The van der Waals surface area contributed by atoms with Crippen molar-refractivity contribution in [3.63, 3.8) is 0 Å². The summed E-state index contributed by atoms with van der Waals surface area (Å²) in [4.78, 5) is 8.55. The number of aliphatic hydroxyl groups excluding tert-OH is 2. The van der Waals surface area contributed by atoms with Crippen molar-refractivity contribution in [1.29, 1.82) is 0 Å². The van der Waals surface area contributed by atoms with E-state index in [0.29, 0.717) is 17.9 Å². The summed E-state index contributed by atoms with van der Waals surface area (Å²) < 4.78 is 7.63. The van der Waals surface area contributed by atoms with Crippen LogP contribution in [0.5, 0.6) is 0 Å². The zero-order valence-electron chi connectivity index (χ0n) is 15.1. The van der Waals surface area contributed by atoms with Crippen LogP contribution in [0.15, 0.2) is 55.0 Å². The average molecular weight is 376 g/mol. The van der Waals surface area contributed by atoms with Gasteiger partial charge in [0, 0.05) is 18.2 Å². The highest BCUT2D eigenvalue weighted by molar-refractivity contribution is 6.02. The minimum absolute atomic E-state index is 0.137. The standard InChI is InChI=1S/C21H20N4O3/c22-19-18-16(14-6-5-12-3-1-2-4-13(12)7-14)9-25(20(18)24-11-23-19)21-17(27)8-15(10-26)28-21/h1-7,9,11,15,17,21,26-27H,8,10H2,(H2,22,23,24)/t15-,17+,21+/m0/s1. The molecule has 0 radical (unpaired) electrons. The number of hydrogen-bond donors (Lipinski definition) is 3. The van der Waals surface area contributed by atoms with Gasteiger partial charge in [-0.1, -0.05) is 36.4 Å². The Morgan fingerprint density at radius 3 is 2.75 bits per heavy atom. The van der Waals surface area contributed by atoms with E-state index in [1.807, 2.05) is 24.4 Å². The normalized spacial score (nSPS) is 22.3. The van der Waals surface area contributed by atoms with E-state index in [4.69, 9.17) is 10.5 Å². The molecule has 0 amide bonds. The topological polar surface area (TPSA) is 106 Å². The van der Waals surface area contributed by atoms with Crippen molar-refractivity contribution in [3.8, 4) is 11.1 Å². The third-order valence-electron chi connectivity index (χ3n) is 5.34. The molecule has 4 N–H and O–H groups in total. The zero-order chi connectivity index (χ0) is 19.3. The fourth-order valence-corrected chi connectivity index (χ4v) is 3.98. The number of benzene rings is 2. The Hall–Kier alpha value is -3.00. The molecule has 0 bridgehead atoms. The molecular formula is C21H20N4O3. The van der Waals surface area contributed by atoms with Gasteiger partial charge in [0.2, 0.25) is 0 Å². The third kappa shape index (κ3) is 2.63. The zero-order valence-corrected chi connectivity index (χ0v) is 15.1. The molecule has 2 aromatic carbocycles. The van der Waals surface area contributed by atoms with Gasteiger partial charge in [-0.3, -0.25) is 0 Å². The Labute approximate surface area is 161 Å². The van der Waals surface area contributed by atoms with Crippen molar-refractivity contribution in [2.45, 2.75) is 24.9 Å². The fourth-order valence-electron chi connectivity index (χ4n) is 3.98. The second kappa shape index (κ2) is 6.56. The van der Waals surface area contributed by atoms with E-state index in [2.05, 4.69) is 34.2 Å². The summed E-state index contributed by atoms with van der Waals surface area (Å²) in [7, 11) is 0. The fraction of sp³-hybridized carbons (Fsp3) is 0.238. The molecule has 7 heteroatoms. The first-order chi connectivity index (χ1) is 13.7. The van der Waals surface area contributed by atoms with Crippen LogP contribution >= 0.6 is 0 Å². The summed E-state index contributed by atoms with van der Waals surface area (Å²) in [6, 6.07) is 14.3. The summed E-state index contributed by atoms with van der Waals surface area (Å²) in [5.74, 6) is 0.373. The third-order valence-corrected chi connectivity index (χ3v) is 5.34. The Morgan fingerprint density at radius 1 is 1.14 bits per heavy atom. The molecule has 0 unspecified atom stereocenters. The number of nitrogens with two attached hydrogens (primary N) is 1. The van der Waals surface area contributed by atoms with Crippen molar-refractivity contribution >= 4 is 27.6 Å². The molecule has 0 aliphatic carbocycles. The largest absolute Gasteiger partial charge is 0.394 e. The van der Waals surface area contributed by atoms with E-state index in [9.17, 15) is 10.2 Å². The minimum atomic E-state index is -0.742. The number of anilines is 1. The quantitative estimate of drug-likeness (QED) is 0.507. The summed E-state index contributed by atoms with van der Waals surface area (Å²) >= 11 is 0. The van der Waals surface area contributed by atoms with Gasteiger partial charge in [0.25, 0.3) is 0 Å². The first-order valence-corrected chi connectivity index (χ1v) is 9.20. The van der Waals surface area contributed by atoms with Gasteiger partial charge >= 0.3 is 0 Å². The molecule has 1 aliphatic heterocycles. The molecule has 1 saturated heterocycles. The lowest BCUT2D eigenvalue weighted by atomic mass is 10.0. The number of aromatic nitrogens is 3. The van der Waals surface area contributed by atoms with E-state index in [0.717, 1.165) is 27.3 Å². The van der Waals surface area contributed by atoms with Crippen molar-refractivity contribution in [1.82, 2.24) is 14.5 Å². The highest BCUT2D eigenvalue weighted by Gasteiger charge is 2.36. The first-order valence-electron chi connectivity index (χ1n) is 9.20. The summed E-state index contributed by atoms with van der Waals surface area (Å²) in [5, 5.41) is 22.9. The van der Waals surface area contributed by atoms with Gasteiger partial charge < -0.3 is 25.3 Å². The molecule has 0 saturated carbocycles. The molecule has 3 heterocycles. The maximum atomic E-state index is 10.5. The lowest BCUT2D eigenvalue weighted by Crippen LogP contribution is -2.19. The number of aliphatic hydroxyl groups is 2.